The Morgan fingerprint density at radius 1 is 0.229 bits per heavy atom. The van der Waals surface area contributed by atoms with Crippen molar-refractivity contribution in [3.8, 4) is 0 Å². The zero-order valence-electron chi connectivity index (χ0n) is 67.9. The van der Waals surface area contributed by atoms with Crippen LogP contribution in [0, 0.1) is 76.9 Å². The summed E-state index contributed by atoms with van der Waals surface area (Å²) < 4.78 is 199. The summed E-state index contributed by atoms with van der Waals surface area (Å²) in [5, 5.41) is 0. The molecular weight excluding hydrogens is 1620 g/mol. The molecule has 600 valence electrons. The highest BCUT2D eigenvalue weighted by Gasteiger charge is 2.86. The Labute approximate surface area is 646 Å². The summed E-state index contributed by atoms with van der Waals surface area (Å²) in [6, 6.07) is 5.32. The Kier molecular flexibility index (Phi) is 25.3. The van der Waals surface area contributed by atoms with E-state index < -0.39 is 142 Å². The molecule has 0 saturated carbocycles. The van der Waals surface area contributed by atoms with Crippen LogP contribution >= 0.6 is 0 Å². The molecule has 0 amide bonds. The predicted octanol–water partition coefficient (Wildman–Crippen LogP) is 12.3. The molecule has 14 heterocycles. The van der Waals surface area contributed by atoms with Crippen molar-refractivity contribution < 1.29 is 108 Å². The zero-order valence-corrected chi connectivity index (χ0v) is 84.1. The van der Waals surface area contributed by atoms with E-state index in [1.54, 1.807) is 0 Å². The third-order valence-corrected chi connectivity index (χ3v) is 96.0. The highest BCUT2D eigenvalue weighted by Crippen LogP contribution is 2.58. The second-order valence-electron chi connectivity index (χ2n) is 37.1. The van der Waals surface area contributed by atoms with Gasteiger partial charge in [-0.2, -0.15) is 9.13 Å². The van der Waals surface area contributed by atoms with Crippen LogP contribution in [0.25, 0.3) is 0 Å². The Bertz CT molecular complexity index is 3120. The second kappa shape index (κ2) is 31.1. The third kappa shape index (κ3) is 19.5. The SMILES string of the molecule is CC(C)C[Si]12O[SiH]3O[Si]4(CC(C)C)O[Si](CC(C)C)(O1)O[Si]1(CC(C)C)O[Si](CC(C)C)(O2)O[Si](C[n+]2ccn(C[n+]5ccn(C[Si]67O[Si]8(CC(C)C)O[Si]9(CC(C)C)O[Si]%10(CC(C)C)O[Si](CC(C)C)(O8)O[Si](CC(C)C)(O[Si](CC(C)C)(O%10)O[Si](CC(C)C)(O9)O6)O7)c5)c2)(O3)O[Si](CC(C)C)(O4)O1. The lowest BCUT2D eigenvalue weighted by Crippen LogP contribution is -2.89. The van der Waals surface area contributed by atoms with Gasteiger partial charge in [0.15, 0.2) is 12.3 Å². The number of hydrogen-bond acceptors (Lipinski definition) is 24. The van der Waals surface area contributed by atoms with Gasteiger partial charge in [0.25, 0.3) is 0 Å². The molecule has 4 atom stereocenters. The van der Waals surface area contributed by atoms with Gasteiger partial charge in [-0.05, 0) is 76.9 Å². The average molecular weight is 1750 g/mol. The Hall–Kier alpha value is 0.930. The van der Waals surface area contributed by atoms with Crippen molar-refractivity contribution in [2.75, 3.05) is 0 Å². The molecule has 0 aromatic carbocycles. The molecule has 16 bridgehead atoms. The number of hydrogen-bond donors (Lipinski definition) is 0. The summed E-state index contributed by atoms with van der Waals surface area (Å²) in [6.45, 7) is 56.6. The molecule has 12 aliphatic heterocycles. The molecule has 14 rings (SSSR count). The molecule has 28 nitrogen and oxygen atoms in total. The van der Waals surface area contributed by atoms with Crippen LogP contribution in [0.3, 0.4) is 0 Å². The zero-order chi connectivity index (χ0) is 76.4. The molecule has 2 aromatic heterocycles. The van der Waals surface area contributed by atoms with Gasteiger partial charge in [0.2, 0.25) is 19.3 Å². The first-order chi connectivity index (χ1) is 48.7. The Morgan fingerprint density at radius 2 is 0.410 bits per heavy atom. The summed E-state index contributed by atoms with van der Waals surface area (Å²) >= 11 is 0. The minimum Gasteiger partial charge on any atom is -0.376 e. The summed E-state index contributed by atoms with van der Waals surface area (Å²) in [5.74, 6) is 0.494. The van der Waals surface area contributed by atoms with Crippen LogP contribution in [-0.4, -0.2) is 151 Å². The standard InChI is InChI=1S/C61H130N4O24Si16/c1-49(2)31-91-66-90-67-92(32-50(3)4)70-93(69-91,33-51(5)6)73-96(36-54(11)12)74-94(71-91,34-52(7)8)85-104(68-90,86-95(72-92,75-96)35-53(9)10)47-64-29-27-62(45-64)44-63-28-30-65(46-63)48-105-87-101(41-59(21)22)79-98(38-56(15)16)76-97(37-55(13)14)77-99(81-101,39-57(17)18)83-103(89-105,43-61(25)26)84-100(78-97,40-58(19)20)82-102(80-98,88-105)42-60(23)24/h27-30,45-46,49-61,90H,31-44,47-48H2,1-26H3/q+2. The predicted molar refractivity (Wildman–Crippen MR) is 420 cm³/mol. The smallest absolute Gasteiger partial charge is 0.376 e. The van der Waals surface area contributed by atoms with E-state index in [-0.39, 0.29) is 89.3 Å². The lowest BCUT2D eigenvalue weighted by atomic mass is 10.3. The van der Waals surface area contributed by atoms with E-state index in [1.165, 1.54) is 0 Å². The van der Waals surface area contributed by atoms with Crippen LogP contribution < -0.4 is 9.13 Å². The van der Waals surface area contributed by atoms with Crippen molar-refractivity contribution in [2.24, 2.45) is 76.9 Å². The third-order valence-electron chi connectivity index (χ3n) is 18.5. The van der Waals surface area contributed by atoms with Crippen LogP contribution in [0.2, 0.25) is 78.6 Å². The van der Waals surface area contributed by atoms with E-state index in [1.807, 2.05) is 31.1 Å². The van der Waals surface area contributed by atoms with Gasteiger partial charge in [0, 0.05) is 78.6 Å². The first-order valence-electron chi connectivity index (χ1n) is 39.5. The van der Waals surface area contributed by atoms with E-state index in [0.717, 1.165) is 0 Å². The minimum atomic E-state index is -4.42. The maximum absolute atomic E-state index is 8.18. The fourth-order valence-corrected chi connectivity index (χ4v) is 116. The van der Waals surface area contributed by atoms with Gasteiger partial charge >= 0.3 is 142 Å². The van der Waals surface area contributed by atoms with E-state index >= 15 is 0 Å². The molecule has 0 spiro atoms. The molecule has 12 aliphatic rings. The topological polar surface area (TPSA) is 239 Å². The molecule has 0 N–H and O–H groups in total. The van der Waals surface area contributed by atoms with Crippen LogP contribution in [-0.2, 0) is 118 Å². The van der Waals surface area contributed by atoms with Crippen molar-refractivity contribution in [2.45, 2.75) is 278 Å². The molecule has 0 aliphatic carbocycles. The minimum absolute atomic E-state index is 0.00801. The molecule has 105 heavy (non-hydrogen) atoms. The number of nitrogens with zero attached hydrogens (tertiary/aromatic N) is 4. The van der Waals surface area contributed by atoms with E-state index in [9.17, 15) is 0 Å². The van der Waals surface area contributed by atoms with Gasteiger partial charge in [-0.15, -0.1) is 0 Å². The first-order valence-corrected chi connectivity index (χ1v) is 69.9. The summed E-state index contributed by atoms with van der Waals surface area (Å²) in [6.07, 6.45) is 12.4. The van der Waals surface area contributed by atoms with Crippen LogP contribution in [0.15, 0.2) is 37.4 Å². The molecular formula is C61H130N4O24Si16+2. The fraction of sp³-hybridized carbons (Fsp3) is 0.902. The van der Waals surface area contributed by atoms with Gasteiger partial charge in [0.05, 0.1) is 0 Å². The first kappa shape index (κ1) is 85.3. The summed E-state index contributed by atoms with van der Waals surface area (Å²) in [5.41, 5.74) is 0. The largest absolute Gasteiger partial charge is 0.523 e. The van der Waals surface area contributed by atoms with Crippen molar-refractivity contribution in [3.05, 3.63) is 37.4 Å². The molecule has 0 radical (unpaired) electrons. The molecule has 4 unspecified atom stereocenters. The van der Waals surface area contributed by atoms with E-state index in [2.05, 4.69) is 205 Å². The highest BCUT2D eigenvalue weighted by atomic mass is 28.6. The van der Waals surface area contributed by atoms with Crippen molar-refractivity contribution in [3.63, 3.8) is 0 Å². The van der Waals surface area contributed by atoms with Crippen LogP contribution in [0.5, 0.6) is 0 Å². The molecule has 12 saturated heterocycles. The van der Waals surface area contributed by atoms with Gasteiger partial charge in [-0.25, -0.2) is 9.13 Å². The lowest BCUT2D eigenvalue weighted by Gasteiger charge is -2.63. The van der Waals surface area contributed by atoms with Gasteiger partial charge in [-0.1, -0.05) is 180 Å². The fourth-order valence-electron chi connectivity index (χ4n) is 16.6. The summed E-state index contributed by atoms with van der Waals surface area (Å²) in [7, 11) is -65.6. The molecule has 12 fully saturated rings. The van der Waals surface area contributed by atoms with Crippen molar-refractivity contribution >= 4 is 142 Å². The second-order valence-corrected chi connectivity index (χ2v) is 84.1. The van der Waals surface area contributed by atoms with Gasteiger partial charge in [-0.3, -0.25) is 0 Å². The normalized spacial score (nSPS) is 41.0. The maximum atomic E-state index is 8.18. The molecule has 2 aromatic rings. The van der Waals surface area contributed by atoms with Crippen LogP contribution in [0.1, 0.15) is 180 Å². The Morgan fingerprint density at radius 3 is 0.657 bits per heavy atom. The monoisotopic (exact) mass is 1750 g/mol. The number of imidazole rings is 2. The Balaban J connectivity index is 0.958. The van der Waals surface area contributed by atoms with Crippen molar-refractivity contribution in [1.82, 2.24) is 9.13 Å². The van der Waals surface area contributed by atoms with Gasteiger partial charge in [0.1, 0.15) is 24.8 Å². The lowest BCUT2D eigenvalue weighted by molar-refractivity contribution is -0.709. The maximum Gasteiger partial charge on any atom is 0.523 e. The van der Waals surface area contributed by atoms with Gasteiger partial charge < -0.3 is 98.8 Å². The van der Waals surface area contributed by atoms with E-state index in [4.69, 9.17) is 98.8 Å². The quantitative estimate of drug-likeness (QED) is 0.0488. The van der Waals surface area contributed by atoms with Crippen LogP contribution in [0.4, 0.5) is 0 Å². The average Bonchev–Trinajstić information content (AvgIpc) is 1.63. The molecule has 44 heteroatoms. The van der Waals surface area contributed by atoms with E-state index in [0.29, 0.717) is 85.2 Å². The van der Waals surface area contributed by atoms with Crippen molar-refractivity contribution in [1.29, 1.82) is 0 Å². The highest BCUT2D eigenvalue weighted by molar-refractivity contribution is 7.04. The number of rotatable bonds is 32. The number of aromatic nitrogens is 4. The summed E-state index contributed by atoms with van der Waals surface area (Å²) in [4.78, 5) is 0.